The minimum atomic E-state index is -0.188. The number of hydrogen-bond acceptors (Lipinski definition) is 4. The Morgan fingerprint density at radius 1 is 0.950 bits per heavy atom. The molecule has 1 aromatic rings. The van der Waals surface area contributed by atoms with Gasteiger partial charge in [0.2, 0.25) is 0 Å². The second-order valence-electron chi connectivity index (χ2n) is 4.22. The third-order valence-corrected chi connectivity index (χ3v) is 5.12. The van der Waals surface area contributed by atoms with Gasteiger partial charge in [-0.05, 0) is 30.1 Å². The van der Waals surface area contributed by atoms with Crippen molar-refractivity contribution in [3.63, 3.8) is 0 Å². The number of nitrogens with zero attached hydrogens (tertiary/aromatic N) is 1. The van der Waals surface area contributed by atoms with Crippen LogP contribution >= 0.6 is 23.5 Å². The molecule has 3 nitrogen and oxygen atoms in total. The van der Waals surface area contributed by atoms with Crippen LogP contribution in [-0.4, -0.2) is 23.3 Å². The Morgan fingerprint density at radius 2 is 1.55 bits per heavy atom. The van der Waals surface area contributed by atoms with Gasteiger partial charge in [-0.15, -0.1) is 23.5 Å². The Bertz CT molecular complexity index is 540. The van der Waals surface area contributed by atoms with E-state index >= 15 is 0 Å². The van der Waals surface area contributed by atoms with Crippen molar-refractivity contribution < 1.29 is 9.59 Å². The molecule has 1 aliphatic heterocycles. The highest BCUT2D eigenvalue weighted by Crippen LogP contribution is 2.38. The van der Waals surface area contributed by atoms with Crippen molar-refractivity contribution >= 4 is 41.0 Å². The molecule has 2 amide bonds. The lowest BCUT2D eigenvalue weighted by molar-refractivity contribution is -0.120. The maximum Gasteiger partial charge on any atom is 0.273 e. The number of rotatable bonds is 6. The Labute approximate surface area is 127 Å². The van der Waals surface area contributed by atoms with E-state index in [1.807, 2.05) is 25.1 Å². The molecule has 0 fully saturated rings. The summed E-state index contributed by atoms with van der Waals surface area (Å²) in [5.74, 6) is 1.26. The lowest BCUT2D eigenvalue weighted by atomic mass is 10.3. The molecule has 1 aliphatic rings. The van der Waals surface area contributed by atoms with Gasteiger partial charge in [0.25, 0.3) is 11.8 Å². The summed E-state index contributed by atoms with van der Waals surface area (Å²) >= 11 is 2.94. The van der Waals surface area contributed by atoms with E-state index in [-0.39, 0.29) is 11.8 Å². The van der Waals surface area contributed by atoms with E-state index in [1.54, 1.807) is 12.1 Å². The van der Waals surface area contributed by atoms with Crippen LogP contribution < -0.4 is 4.90 Å². The van der Waals surface area contributed by atoms with Gasteiger partial charge in [-0.3, -0.25) is 9.59 Å². The molecule has 0 saturated carbocycles. The highest BCUT2D eigenvalue weighted by molar-refractivity contribution is 8.08. The minimum Gasteiger partial charge on any atom is -0.268 e. The first-order valence-corrected chi connectivity index (χ1v) is 8.61. The first kappa shape index (κ1) is 15.2. The number of carbonyl (C=O) groups is 2. The number of carbonyl (C=O) groups excluding carboxylic acids is 2. The van der Waals surface area contributed by atoms with Crippen LogP contribution in [0.1, 0.15) is 20.3 Å². The molecule has 1 heterocycles. The molecule has 106 valence electrons. The van der Waals surface area contributed by atoms with E-state index in [0.717, 1.165) is 17.9 Å². The van der Waals surface area contributed by atoms with E-state index in [1.165, 1.54) is 28.4 Å². The normalized spacial score (nSPS) is 15.4. The van der Waals surface area contributed by atoms with E-state index in [9.17, 15) is 9.59 Å². The van der Waals surface area contributed by atoms with Crippen molar-refractivity contribution in [2.45, 2.75) is 20.3 Å². The highest BCUT2D eigenvalue weighted by Gasteiger charge is 2.39. The predicted octanol–water partition coefficient (Wildman–Crippen LogP) is 3.67. The number of amides is 2. The number of hydrogen-bond donors (Lipinski definition) is 0. The summed E-state index contributed by atoms with van der Waals surface area (Å²) in [6.45, 7) is 4.05. The Balaban J connectivity index is 2.33. The molecule has 0 radical (unpaired) electrons. The van der Waals surface area contributed by atoms with Crippen molar-refractivity contribution in [3.8, 4) is 0 Å². The van der Waals surface area contributed by atoms with Gasteiger partial charge in [0, 0.05) is 0 Å². The Morgan fingerprint density at radius 3 is 2.10 bits per heavy atom. The molecule has 0 bridgehead atoms. The average molecular weight is 307 g/mol. The second kappa shape index (κ2) is 6.99. The first-order chi connectivity index (χ1) is 9.70. The topological polar surface area (TPSA) is 37.4 Å². The van der Waals surface area contributed by atoms with Gasteiger partial charge in [-0.2, -0.15) is 0 Å². The molecule has 0 aliphatic carbocycles. The van der Waals surface area contributed by atoms with Gasteiger partial charge in [0.1, 0.15) is 0 Å². The summed E-state index contributed by atoms with van der Waals surface area (Å²) in [4.78, 5) is 27.5. The van der Waals surface area contributed by atoms with Crippen molar-refractivity contribution in [1.29, 1.82) is 0 Å². The predicted molar refractivity (Wildman–Crippen MR) is 86.8 cm³/mol. The number of benzene rings is 1. The fourth-order valence-corrected chi connectivity index (χ4v) is 3.82. The maximum atomic E-state index is 12.5. The van der Waals surface area contributed by atoms with Crippen LogP contribution in [0.4, 0.5) is 5.69 Å². The number of imide groups is 1. The van der Waals surface area contributed by atoms with Crippen molar-refractivity contribution in [2.75, 3.05) is 16.4 Å². The fraction of sp³-hybridized carbons (Fsp3) is 0.333. The molecule has 0 aromatic heterocycles. The van der Waals surface area contributed by atoms with Crippen molar-refractivity contribution in [2.24, 2.45) is 0 Å². The summed E-state index contributed by atoms with van der Waals surface area (Å²) in [7, 11) is 0. The van der Waals surface area contributed by atoms with Gasteiger partial charge >= 0.3 is 0 Å². The third kappa shape index (κ3) is 2.94. The van der Waals surface area contributed by atoms with E-state index < -0.39 is 0 Å². The van der Waals surface area contributed by atoms with Crippen LogP contribution in [0, 0.1) is 0 Å². The van der Waals surface area contributed by atoms with Crippen molar-refractivity contribution in [1.82, 2.24) is 0 Å². The lowest BCUT2D eigenvalue weighted by Gasteiger charge is -2.14. The van der Waals surface area contributed by atoms with Gasteiger partial charge in [0.15, 0.2) is 0 Å². The molecular formula is C15H17NO2S2. The maximum absolute atomic E-state index is 12.5. The van der Waals surface area contributed by atoms with Gasteiger partial charge in [0.05, 0.1) is 15.5 Å². The molecule has 0 N–H and O–H groups in total. The molecule has 0 saturated heterocycles. The molecule has 20 heavy (non-hydrogen) atoms. The zero-order valence-corrected chi connectivity index (χ0v) is 13.2. The van der Waals surface area contributed by atoms with Gasteiger partial charge in [-0.1, -0.05) is 32.0 Å². The SMILES string of the molecule is CCCSC1=C(SCC)C(=O)N(c2ccccc2)C1=O. The summed E-state index contributed by atoms with van der Waals surface area (Å²) in [6, 6.07) is 9.12. The molecular weight excluding hydrogens is 290 g/mol. The molecule has 0 unspecified atom stereocenters. The third-order valence-electron chi connectivity index (χ3n) is 2.75. The van der Waals surface area contributed by atoms with Crippen LogP contribution in [0.25, 0.3) is 0 Å². The quantitative estimate of drug-likeness (QED) is 0.752. The Kier molecular flexibility index (Phi) is 5.31. The largest absolute Gasteiger partial charge is 0.273 e. The van der Waals surface area contributed by atoms with E-state index in [4.69, 9.17) is 0 Å². The molecule has 0 spiro atoms. The van der Waals surface area contributed by atoms with E-state index in [2.05, 4.69) is 6.92 Å². The van der Waals surface area contributed by atoms with Gasteiger partial charge in [-0.25, -0.2) is 4.90 Å². The fourth-order valence-electron chi connectivity index (χ4n) is 1.90. The Hall–Kier alpha value is -1.20. The lowest BCUT2D eigenvalue weighted by Crippen LogP contribution is -2.31. The summed E-state index contributed by atoms with van der Waals surface area (Å²) in [5, 5.41) is 0. The molecule has 1 aromatic carbocycles. The van der Waals surface area contributed by atoms with Crippen molar-refractivity contribution in [3.05, 3.63) is 40.1 Å². The number of thioether (sulfide) groups is 2. The van der Waals surface area contributed by atoms with Crippen LogP contribution in [-0.2, 0) is 9.59 Å². The summed E-state index contributed by atoms with van der Waals surface area (Å²) in [5.41, 5.74) is 0.642. The zero-order valence-electron chi connectivity index (χ0n) is 11.6. The van der Waals surface area contributed by atoms with Crippen LogP contribution in [0.15, 0.2) is 40.1 Å². The summed E-state index contributed by atoms with van der Waals surface area (Å²) < 4.78 is 0. The molecule has 5 heteroatoms. The number of para-hydroxylation sites is 1. The average Bonchev–Trinajstić information content (AvgIpc) is 2.69. The van der Waals surface area contributed by atoms with Crippen LogP contribution in [0.2, 0.25) is 0 Å². The van der Waals surface area contributed by atoms with Crippen LogP contribution in [0.5, 0.6) is 0 Å². The summed E-state index contributed by atoms with van der Waals surface area (Å²) in [6.07, 6.45) is 0.977. The first-order valence-electron chi connectivity index (χ1n) is 6.64. The zero-order chi connectivity index (χ0) is 14.5. The minimum absolute atomic E-state index is 0.185. The highest BCUT2D eigenvalue weighted by atomic mass is 32.2. The second-order valence-corrected chi connectivity index (χ2v) is 6.60. The van der Waals surface area contributed by atoms with E-state index in [0.29, 0.717) is 15.5 Å². The monoisotopic (exact) mass is 307 g/mol. The molecule has 0 atom stereocenters. The standard InChI is InChI=1S/C15H17NO2S2/c1-3-10-20-13-12(19-4-2)14(17)16(15(13)18)11-8-6-5-7-9-11/h5-9H,3-4,10H2,1-2H3. The molecule has 2 rings (SSSR count). The smallest absolute Gasteiger partial charge is 0.268 e. The van der Waals surface area contributed by atoms with Gasteiger partial charge < -0.3 is 0 Å². The van der Waals surface area contributed by atoms with Crippen LogP contribution in [0.3, 0.4) is 0 Å². The number of anilines is 1.